The zero-order valence-corrected chi connectivity index (χ0v) is 12.0. The van der Waals surface area contributed by atoms with E-state index in [-0.39, 0.29) is 0 Å². The molecule has 0 aliphatic carbocycles. The van der Waals surface area contributed by atoms with Crippen molar-refractivity contribution in [2.24, 2.45) is 0 Å². The lowest BCUT2D eigenvalue weighted by atomic mass is 10.1. The molecule has 0 bridgehead atoms. The summed E-state index contributed by atoms with van der Waals surface area (Å²) in [5, 5.41) is 7.69. The van der Waals surface area contributed by atoms with Crippen molar-refractivity contribution >= 4 is 33.3 Å². The van der Waals surface area contributed by atoms with Crippen LogP contribution in [0.1, 0.15) is 17.7 Å². The maximum atomic E-state index is 5.39. The zero-order chi connectivity index (χ0) is 13.2. The molecule has 0 atom stereocenters. The number of ether oxygens (including phenoxy) is 1. The Bertz CT molecular complexity index is 577. The van der Waals surface area contributed by atoms with Crippen molar-refractivity contribution in [3.05, 3.63) is 10.9 Å². The maximum Gasteiger partial charge on any atom is 0.225 e. The fourth-order valence-electron chi connectivity index (χ4n) is 2.30. The van der Waals surface area contributed by atoms with Crippen LogP contribution < -0.4 is 10.6 Å². The van der Waals surface area contributed by atoms with E-state index in [1.165, 1.54) is 4.88 Å². The SMILES string of the molecule is CNc1nc(NC2CCOCC2)c2cc(C)sc2n1. The lowest BCUT2D eigenvalue weighted by molar-refractivity contribution is 0.0904. The Labute approximate surface area is 116 Å². The van der Waals surface area contributed by atoms with Gasteiger partial charge in [0.1, 0.15) is 10.6 Å². The summed E-state index contributed by atoms with van der Waals surface area (Å²) < 4.78 is 5.39. The molecular formula is C13H18N4OS. The third-order valence-electron chi connectivity index (χ3n) is 3.30. The Morgan fingerprint density at radius 1 is 1.32 bits per heavy atom. The summed E-state index contributed by atoms with van der Waals surface area (Å²) in [6, 6.07) is 2.60. The number of hydrogen-bond acceptors (Lipinski definition) is 6. The maximum absolute atomic E-state index is 5.39. The van der Waals surface area contributed by atoms with Crippen LogP contribution in [0.15, 0.2) is 6.07 Å². The van der Waals surface area contributed by atoms with Crippen molar-refractivity contribution in [2.45, 2.75) is 25.8 Å². The van der Waals surface area contributed by atoms with Gasteiger partial charge in [-0.25, -0.2) is 4.98 Å². The van der Waals surface area contributed by atoms with Crippen LogP contribution in [-0.2, 0) is 4.74 Å². The minimum atomic E-state index is 0.441. The first-order valence-corrected chi connectivity index (χ1v) is 7.38. The minimum Gasteiger partial charge on any atom is -0.381 e. The Hall–Kier alpha value is -1.40. The van der Waals surface area contributed by atoms with E-state index >= 15 is 0 Å². The molecule has 0 amide bonds. The molecule has 0 radical (unpaired) electrons. The van der Waals surface area contributed by atoms with E-state index in [2.05, 4.69) is 33.6 Å². The zero-order valence-electron chi connectivity index (χ0n) is 11.2. The van der Waals surface area contributed by atoms with Crippen molar-refractivity contribution in [3.63, 3.8) is 0 Å². The molecule has 3 rings (SSSR count). The number of thiophene rings is 1. The lowest BCUT2D eigenvalue weighted by Crippen LogP contribution is -2.28. The number of anilines is 2. The van der Waals surface area contributed by atoms with Crippen LogP contribution in [-0.4, -0.2) is 36.3 Å². The largest absolute Gasteiger partial charge is 0.381 e. The second-order valence-corrected chi connectivity index (χ2v) is 5.99. The normalized spacial score (nSPS) is 16.7. The van der Waals surface area contributed by atoms with Crippen LogP contribution in [0.4, 0.5) is 11.8 Å². The number of fused-ring (bicyclic) bond motifs is 1. The molecule has 2 N–H and O–H groups in total. The molecule has 0 spiro atoms. The molecule has 19 heavy (non-hydrogen) atoms. The molecule has 5 nitrogen and oxygen atoms in total. The predicted octanol–water partition coefficient (Wildman–Crippen LogP) is 2.63. The number of nitrogens with zero attached hydrogens (tertiary/aromatic N) is 2. The summed E-state index contributed by atoms with van der Waals surface area (Å²) >= 11 is 1.70. The van der Waals surface area contributed by atoms with Gasteiger partial charge >= 0.3 is 0 Å². The van der Waals surface area contributed by atoms with Crippen LogP contribution >= 0.6 is 11.3 Å². The number of hydrogen-bond donors (Lipinski definition) is 2. The molecule has 1 aliphatic rings. The number of aromatic nitrogens is 2. The van der Waals surface area contributed by atoms with Gasteiger partial charge in [0.15, 0.2) is 0 Å². The van der Waals surface area contributed by atoms with E-state index in [0.29, 0.717) is 12.0 Å². The molecule has 102 valence electrons. The van der Waals surface area contributed by atoms with E-state index in [0.717, 1.165) is 42.1 Å². The van der Waals surface area contributed by atoms with Crippen LogP contribution in [0, 0.1) is 6.92 Å². The second-order valence-electron chi connectivity index (χ2n) is 4.75. The predicted molar refractivity (Wildman–Crippen MR) is 79.2 cm³/mol. The molecule has 3 heterocycles. The second kappa shape index (κ2) is 5.30. The van der Waals surface area contributed by atoms with Crippen molar-refractivity contribution in [2.75, 3.05) is 30.9 Å². The van der Waals surface area contributed by atoms with Crippen LogP contribution in [0.25, 0.3) is 10.2 Å². The Morgan fingerprint density at radius 2 is 2.11 bits per heavy atom. The third kappa shape index (κ3) is 2.64. The van der Waals surface area contributed by atoms with Gasteiger partial charge in [-0.2, -0.15) is 4.98 Å². The average molecular weight is 278 g/mol. The minimum absolute atomic E-state index is 0.441. The van der Waals surface area contributed by atoms with Crippen LogP contribution in [0.3, 0.4) is 0 Å². The first kappa shape index (κ1) is 12.6. The highest BCUT2D eigenvalue weighted by Gasteiger charge is 2.17. The number of rotatable bonds is 3. The van der Waals surface area contributed by atoms with Gasteiger partial charge in [-0.3, -0.25) is 0 Å². The van der Waals surface area contributed by atoms with E-state index in [1.807, 2.05) is 7.05 Å². The smallest absolute Gasteiger partial charge is 0.225 e. The Kier molecular flexibility index (Phi) is 3.52. The van der Waals surface area contributed by atoms with Gasteiger partial charge in [0.25, 0.3) is 0 Å². The molecule has 6 heteroatoms. The van der Waals surface area contributed by atoms with Gasteiger partial charge in [-0.15, -0.1) is 11.3 Å². The third-order valence-corrected chi connectivity index (χ3v) is 4.25. The number of nitrogens with one attached hydrogen (secondary N) is 2. The Balaban J connectivity index is 1.95. The monoisotopic (exact) mass is 278 g/mol. The quantitative estimate of drug-likeness (QED) is 0.904. The van der Waals surface area contributed by atoms with E-state index in [9.17, 15) is 0 Å². The van der Waals surface area contributed by atoms with Gasteiger partial charge in [0, 0.05) is 31.2 Å². The molecule has 1 saturated heterocycles. The molecule has 1 fully saturated rings. The molecule has 1 aliphatic heterocycles. The molecule has 0 unspecified atom stereocenters. The molecule has 0 aromatic carbocycles. The van der Waals surface area contributed by atoms with Crippen LogP contribution in [0.2, 0.25) is 0 Å². The first-order valence-electron chi connectivity index (χ1n) is 6.56. The fourth-order valence-corrected chi connectivity index (χ4v) is 3.18. The summed E-state index contributed by atoms with van der Waals surface area (Å²) in [5.41, 5.74) is 0. The standard InChI is InChI=1S/C13H18N4OS/c1-8-7-10-11(15-9-3-5-18-6-4-9)16-13(14-2)17-12(10)19-8/h7,9H,3-6H2,1-2H3,(H2,14,15,16,17). The molecular weight excluding hydrogens is 260 g/mol. The highest BCUT2D eigenvalue weighted by Crippen LogP contribution is 2.30. The molecule has 2 aromatic heterocycles. The summed E-state index contributed by atoms with van der Waals surface area (Å²) in [4.78, 5) is 11.3. The number of aryl methyl sites for hydroxylation is 1. The van der Waals surface area contributed by atoms with Gasteiger partial charge in [0.05, 0.1) is 5.39 Å². The first-order chi connectivity index (χ1) is 9.26. The summed E-state index contributed by atoms with van der Waals surface area (Å²) in [6.45, 7) is 3.75. The van der Waals surface area contributed by atoms with E-state index in [4.69, 9.17) is 4.74 Å². The molecule has 0 saturated carbocycles. The average Bonchev–Trinajstić information content (AvgIpc) is 2.80. The van der Waals surface area contributed by atoms with Gasteiger partial charge in [-0.1, -0.05) is 0 Å². The van der Waals surface area contributed by atoms with Gasteiger partial charge in [0.2, 0.25) is 5.95 Å². The summed E-state index contributed by atoms with van der Waals surface area (Å²) in [7, 11) is 1.85. The lowest BCUT2D eigenvalue weighted by Gasteiger charge is -2.24. The Morgan fingerprint density at radius 3 is 2.84 bits per heavy atom. The highest BCUT2D eigenvalue weighted by molar-refractivity contribution is 7.18. The molecule has 2 aromatic rings. The van der Waals surface area contributed by atoms with Crippen molar-refractivity contribution in [1.82, 2.24) is 9.97 Å². The highest BCUT2D eigenvalue weighted by atomic mass is 32.1. The summed E-state index contributed by atoms with van der Waals surface area (Å²) in [6.07, 6.45) is 2.06. The fraction of sp³-hybridized carbons (Fsp3) is 0.538. The van der Waals surface area contributed by atoms with Crippen LogP contribution in [0.5, 0.6) is 0 Å². The van der Waals surface area contributed by atoms with Crippen molar-refractivity contribution in [1.29, 1.82) is 0 Å². The van der Waals surface area contributed by atoms with Crippen molar-refractivity contribution in [3.8, 4) is 0 Å². The van der Waals surface area contributed by atoms with Crippen molar-refractivity contribution < 1.29 is 4.74 Å². The van der Waals surface area contributed by atoms with Gasteiger partial charge < -0.3 is 15.4 Å². The van der Waals surface area contributed by atoms with Gasteiger partial charge in [-0.05, 0) is 25.8 Å². The summed E-state index contributed by atoms with van der Waals surface area (Å²) in [5.74, 6) is 1.61. The topological polar surface area (TPSA) is 59.1 Å². The van der Waals surface area contributed by atoms with E-state index < -0.39 is 0 Å². The van der Waals surface area contributed by atoms with E-state index in [1.54, 1.807) is 11.3 Å².